The SMILES string of the molecule is BC(C)(CCOC(C)C)C(C)(C)OCCC(C)(C)C(C)(C)OCCC(C)(C)O. The van der Waals surface area contributed by atoms with Crippen LogP contribution in [0.4, 0.5) is 0 Å². The first-order valence-corrected chi connectivity index (χ1v) is 10.9. The van der Waals surface area contributed by atoms with E-state index in [-0.39, 0.29) is 28.0 Å². The van der Waals surface area contributed by atoms with Crippen LogP contribution in [-0.2, 0) is 14.2 Å². The van der Waals surface area contributed by atoms with E-state index in [9.17, 15) is 5.11 Å². The summed E-state index contributed by atoms with van der Waals surface area (Å²) in [5.41, 5.74) is -1.28. The predicted molar refractivity (Wildman–Crippen MR) is 122 cm³/mol. The Morgan fingerprint density at radius 2 is 1.18 bits per heavy atom. The first-order chi connectivity index (χ1) is 12.3. The maximum absolute atomic E-state index is 9.91. The smallest absolute Gasteiger partial charge is 0.112 e. The minimum absolute atomic E-state index is 0.0186. The molecule has 0 aliphatic heterocycles. The minimum Gasteiger partial charge on any atom is -0.390 e. The summed E-state index contributed by atoms with van der Waals surface area (Å²) in [5, 5.41) is 9.93. The van der Waals surface area contributed by atoms with Crippen LogP contribution < -0.4 is 0 Å². The Hall–Kier alpha value is -0.0951. The van der Waals surface area contributed by atoms with Crippen molar-refractivity contribution in [2.24, 2.45) is 5.41 Å². The number of hydrogen-bond donors (Lipinski definition) is 1. The molecule has 0 spiro atoms. The van der Waals surface area contributed by atoms with Crippen LogP contribution in [-0.4, -0.2) is 55.7 Å². The van der Waals surface area contributed by atoms with Gasteiger partial charge < -0.3 is 19.3 Å². The fourth-order valence-electron chi connectivity index (χ4n) is 2.66. The van der Waals surface area contributed by atoms with Crippen molar-refractivity contribution in [3.05, 3.63) is 0 Å². The van der Waals surface area contributed by atoms with Gasteiger partial charge in [0.15, 0.2) is 0 Å². The van der Waals surface area contributed by atoms with E-state index in [1.165, 1.54) is 0 Å². The molecule has 0 radical (unpaired) electrons. The van der Waals surface area contributed by atoms with Crippen molar-refractivity contribution >= 4 is 7.85 Å². The highest BCUT2D eigenvalue weighted by Crippen LogP contribution is 2.43. The number of hydrogen-bond acceptors (Lipinski definition) is 4. The monoisotopic (exact) mass is 400 g/mol. The molecule has 0 aliphatic carbocycles. The van der Waals surface area contributed by atoms with Gasteiger partial charge in [0.1, 0.15) is 7.85 Å². The largest absolute Gasteiger partial charge is 0.390 e. The molecule has 0 saturated heterocycles. The summed E-state index contributed by atoms with van der Waals surface area (Å²) < 4.78 is 18.3. The summed E-state index contributed by atoms with van der Waals surface area (Å²) in [7, 11) is 2.26. The van der Waals surface area contributed by atoms with Crippen molar-refractivity contribution in [2.75, 3.05) is 19.8 Å². The molecule has 0 aromatic heterocycles. The maximum Gasteiger partial charge on any atom is 0.112 e. The van der Waals surface area contributed by atoms with Crippen molar-refractivity contribution < 1.29 is 19.3 Å². The molecule has 1 atom stereocenters. The van der Waals surface area contributed by atoms with E-state index >= 15 is 0 Å². The van der Waals surface area contributed by atoms with Gasteiger partial charge in [-0.2, -0.15) is 0 Å². The van der Waals surface area contributed by atoms with Gasteiger partial charge in [0.2, 0.25) is 0 Å². The molecule has 1 N–H and O–H groups in total. The summed E-state index contributed by atoms with van der Waals surface area (Å²) >= 11 is 0. The first kappa shape index (κ1) is 27.9. The quantitative estimate of drug-likeness (QED) is 0.426. The molecule has 0 bridgehead atoms. The molecule has 0 heterocycles. The number of rotatable bonds is 14. The second-order valence-electron chi connectivity index (χ2n) is 11.5. The van der Waals surface area contributed by atoms with Crippen molar-refractivity contribution in [1.82, 2.24) is 0 Å². The standard InChI is InChI=1S/C23H49BO4/c1-18(2)26-15-14-23(11,24)22(9,10)28-16-12-19(3,4)21(7,8)27-17-13-20(5,6)25/h18,25H,12-17,24H2,1-11H3. The van der Waals surface area contributed by atoms with Crippen LogP contribution >= 0.6 is 0 Å². The molecule has 0 fully saturated rings. The molecule has 0 rings (SSSR count). The second kappa shape index (κ2) is 10.3. The minimum atomic E-state index is -0.696. The zero-order valence-electron chi connectivity index (χ0n) is 21.0. The second-order valence-corrected chi connectivity index (χ2v) is 11.5. The molecular weight excluding hydrogens is 351 g/mol. The Morgan fingerprint density at radius 3 is 1.64 bits per heavy atom. The Kier molecular flexibility index (Phi) is 10.2. The summed E-state index contributed by atoms with van der Waals surface area (Å²) in [6, 6.07) is 0. The molecule has 168 valence electrons. The molecule has 1 unspecified atom stereocenters. The van der Waals surface area contributed by atoms with Crippen molar-refractivity contribution in [3.63, 3.8) is 0 Å². The predicted octanol–water partition coefficient (Wildman–Crippen LogP) is 4.78. The molecule has 4 nitrogen and oxygen atoms in total. The van der Waals surface area contributed by atoms with Crippen LogP contribution in [0.25, 0.3) is 0 Å². The molecule has 0 aromatic carbocycles. The lowest BCUT2D eigenvalue weighted by Crippen LogP contribution is -2.45. The summed E-state index contributed by atoms with van der Waals surface area (Å²) in [6.07, 6.45) is 2.76. The Morgan fingerprint density at radius 1 is 0.714 bits per heavy atom. The van der Waals surface area contributed by atoms with E-state index in [1.807, 2.05) is 13.8 Å². The zero-order valence-corrected chi connectivity index (χ0v) is 21.0. The van der Waals surface area contributed by atoms with E-state index in [1.54, 1.807) is 0 Å². The van der Waals surface area contributed by atoms with E-state index in [0.717, 1.165) is 19.4 Å². The zero-order chi connectivity index (χ0) is 22.4. The fraction of sp³-hybridized carbons (Fsp3) is 1.00. The van der Waals surface area contributed by atoms with Gasteiger partial charge in [-0.05, 0) is 85.4 Å². The third kappa shape index (κ3) is 9.60. The van der Waals surface area contributed by atoms with E-state index in [0.29, 0.717) is 19.6 Å². The van der Waals surface area contributed by atoms with Gasteiger partial charge in [0, 0.05) is 13.2 Å². The number of ether oxygens (including phenoxy) is 3. The number of aliphatic hydroxyl groups is 1. The van der Waals surface area contributed by atoms with E-state index in [2.05, 4.69) is 70.2 Å². The molecule has 0 aromatic rings. The molecule has 0 amide bonds. The summed E-state index contributed by atoms with van der Waals surface area (Å²) in [5.74, 6) is 0. The van der Waals surface area contributed by atoms with Crippen molar-refractivity contribution in [2.45, 2.75) is 124 Å². The van der Waals surface area contributed by atoms with Crippen LogP contribution in [0.15, 0.2) is 0 Å². The van der Waals surface area contributed by atoms with Crippen LogP contribution in [0, 0.1) is 5.41 Å². The van der Waals surface area contributed by atoms with Gasteiger partial charge in [0.05, 0.1) is 29.5 Å². The van der Waals surface area contributed by atoms with Gasteiger partial charge in [-0.1, -0.05) is 20.8 Å². The van der Waals surface area contributed by atoms with Gasteiger partial charge in [-0.25, -0.2) is 0 Å². The molecular formula is C23H49BO4. The molecule has 5 heteroatoms. The van der Waals surface area contributed by atoms with E-state index < -0.39 is 5.60 Å². The van der Waals surface area contributed by atoms with E-state index in [4.69, 9.17) is 14.2 Å². The highest BCUT2D eigenvalue weighted by Gasteiger charge is 2.41. The van der Waals surface area contributed by atoms with Gasteiger partial charge in [-0.3, -0.25) is 0 Å². The Balaban J connectivity index is 4.66. The lowest BCUT2D eigenvalue weighted by atomic mass is 9.58. The van der Waals surface area contributed by atoms with Gasteiger partial charge in [0.25, 0.3) is 0 Å². The summed E-state index contributed by atoms with van der Waals surface area (Å²) in [4.78, 5) is 0. The molecule has 28 heavy (non-hydrogen) atoms. The van der Waals surface area contributed by atoms with Gasteiger partial charge >= 0.3 is 0 Å². The van der Waals surface area contributed by atoms with Gasteiger partial charge in [-0.15, -0.1) is 0 Å². The van der Waals surface area contributed by atoms with Crippen molar-refractivity contribution in [1.29, 1.82) is 0 Å². The lowest BCUT2D eigenvalue weighted by Gasteiger charge is -2.45. The normalized spacial score (nSPS) is 16.5. The van der Waals surface area contributed by atoms with Crippen LogP contribution in [0.5, 0.6) is 0 Å². The Labute approximate surface area is 176 Å². The Bertz CT molecular complexity index is 448. The lowest BCUT2D eigenvalue weighted by molar-refractivity contribution is -0.129. The molecule has 0 aliphatic rings. The topological polar surface area (TPSA) is 47.9 Å². The van der Waals surface area contributed by atoms with Crippen LogP contribution in [0.2, 0.25) is 5.31 Å². The molecule has 0 saturated carbocycles. The van der Waals surface area contributed by atoms with Crippen LogP contribution in [0.1, 0.15) is 95.4 Å². The van der Waals surface area contributed by atoms with Crippen molar-refractivity contribution in [3.8, 4) is 0 Å². The average Bonchev–Trinajstić information content (AvgIpc) is 2.43. The third-order valence-corrected chi connectivity index (χ3v) is 6.80. The highest BCUT2D eigenvalue weighted by molar-refractivity contribution is 6.15. The average molecular weight is 400 g/mol. The summed E-state index contributed by atoms with van der Waals surface area (Å²) in [6.45, 7) is 25.1. The fourth-order valence-corrected chi connectivity index (χ4v) is 2.66. The maximum atomic E-state index is 9.91. The first-order valence-electron chi connectivity index (χ1n) is 10.9. The van der Waals surface area contributed by atoms with Crippen LogP contribution in [0.3, 0.4) is 0 Å². The third-order valence-electron chi connectivity index (χ3n) is 6.80. The highest BCUT2D eigenvalue weighted by atomic mass is 16.5.